The van der Waals surface area contributed by atoms with Crippen LogP contribution in [0.2, 0.25) is 0 Å². The summed E-state index contributed by atoms with van der Waals surface area (Å²) in [6, 6.07) is 3.82. The van der Waals surface area contributed by atoms with Crippen LogP contribution >= 0.6 is 27.3 Å². The van der Waals surface area contributed by atoms with E-state index >= 15 is 0 Å². The van der Waals surface area contributed by atoms with Crippen molar-refractivity contribution < 1.29 is 0 Å². The van der Waals surface area contributed by atoms with Crippen LogP contribution < -0.4 is 0 Å². The lowest BCUT2D eigenvalue weighted by Crippen LogP contribution is -1.76. The molecule has 0 saturated carbocycles. The van der Waals surface area contributed by atoms with Crippen LogP contribution in [0.5, 0.6) is 0 Å². The van der Waals surface area contributed by atoms with Crippen molar-refractivity contribution in [1.82, 2.24) is 15.2 Å². The van der Waals surface area contributed by atoms with E-state index in [0.29, 0.717) is 0 Å². The van der Waals surface area contributed by atoms with E-state index in [4.69, 9.17) is 0 Å². The maximum atomic E-state index is 3.98. The molecule has 0 bridgehead atoms. The third-order valence-electron chi connectivity index (χ3n) is 1.33. The van der Waals surface area contributed by atoms with Crippen LogP contribution in [-0.2, 0) is 0 Å². The quantitative estimate of drug-likeness (QED) is 0.770. The van der Waals surface area contributed by atoms with Crippen LogP contribution in [-0.4, -0.2) is 15.2 Å². The second-order valence-electron chi connectivity index (χ2n) is 2.10. The van der Waals surface area contributed by atoms with Gasteiger partial charge in [-0.25, -0.2) is 0 Å². The van der Waals surface area contributed by atoms with Crippen molar-refractivity contribution in [3.05, 3.63) is 28.4 Å². The van der Waals surface area contributed by atoms with Gasteiger partial charge >= 0.3 is 0 Å². The predicted molar refractivity (Wildman–Crippen MR) is 50.8 cm³/mol. The van der Waals surface area contributed by atoms with Gasteiger partial charge in [-0.1, -0.05) is 11.3 Å². The number of hydrogen-bond donors (Lipinski definition) is 0. The smallest absolute Gasteiger partial charge is 0.183 e. The summed E-state index contributed by atoms with van der Waals surface area (Å²) in [6.45, 7) is 0. The topological polar surface area (TPSA) is 38.7 Å². The standard InChI is InChI=1S/C7H4BrN3S/c8-7-11-10-6(12-7)5-1-3-9-4-2-5/h1-4H. The SMILES string of the molecule is Brc1nnc(-c2ccncc2)s1. The van der Waals surface area contributed by atoms with Gasteiger partial charge in [0.25, 0.3) is 0 Å². The molecule has 2 aromatic heterocycles. The van der Waals surface area contributed by atoms with Gasteiger partial charge in [-0.15, -0.1) is 10.2 Å². The summed E-state index contributed by atoms with van der Waals surface area (Å²) >= 11 is 4.77. The Hall–Kier alpha value is -0.810. The van der Waals surface area contributed by atoms with E-state index in [9.17, 15) is 0 Å². The van der Waals surface area contributed by atoms with Crippen LogP contribution in [0.3, 0.4) is 0 Å². The summed E-state index contributed by atoms with van der Waals surface area (Å²) in [5, 5.41) is 8.74. The number of hydrogen-bond acceptors (Lipinski definition) is 4. The Kier molecular flexibility index (Phi) is 2.14. The monoisotopic (exact) mass is 241 g/mol. The molecule has 3 nitrogen and oxygen atoms in total. The van der Waals surface area contributed by atoms with Crippen LogP contribution in [0.4, 0.5) is 0 Å². The van der Waals surface area contributed by atoms with Crippen LogP contribution in [0.15, 0.2) is 28.4 Å². The van der Waals surface area contributed by atoms with Gasteiger partial charge in [-0.2, -0.15) is 0 Å². The average molecular weight is 242 g/mol. The van der Waals surface area contributed by atoms with E-state index in [0.717, 1.165) is 14.5 Å². The van der Waals surface area contributed by atoms with Crippen molar-refractivity contribution in [3.8, 4) is 10.6 Å². The summed E-state index contributed by atoms with van der Waals surface area (Å²) in [5.74, 6) is 0. The number of nitrogens with zero attached hydrogens (tertiary/aromatic N) is 3. The molecule has 0 spiro atoms. The molecule has 0 aromatic carbocycles. The summed E-state index contributed by atoms with van der Waals surface area (Å²) in [7, 11) is 0. The minimum Gasteiger partial charge on any atom is -0.265 e. The van der Waals surface area contributed by atoms with Gasteiger partial charge in [0.05, 0.1) is 0 Å². The Morgan fingerprint density at radius 3 is 2.50 bits per heavy atom. The summed E-state index contributed by atoms with van der Waals surface area (Å²) < 4.78 is 0.800. The van der Waals surface area contributed by atoms with Gasteiger partial charge in [0, 0.05) is 18.0 Å². The molecule has 60 valence electrons. The maximum absolute atomic E-state index is 3.98. The maximum Gasteiger partial charge on any atom is 0.183 e. The first-order valence-electron chi connectivity index (χ1n) is 3.25. The van der Waals surface area contributed by atoms with Crippen LogP contribution in [0.25, 0.3) is 10.6 Å². The Bertz CT molecular complexity index is 373. The van der Waals surface area contributed by atoms with Gasteiger partial charge in [-0.3, -0.25) is 4.98 Å². The van der Waals surface area contributed by atoms with Crippen molar-refractivity contribution in [2.75, 3.05) is 0 Å². The summed E-state index contributed by atoms with van der Waals surface area (Å²) in [4.78, 5) is 3.92. The highest BCUT2D eigenvalue weighted by atomic mass is 79.9. The molecule has 0 amide bonds. The Labute approximate surface area is 81.6 Å². The van der Waals surface area contributed by atoms with Crippen molar-refractivity contribution in [3.63, 3.8) is 0 Å². The molecule has 0 saturated heterocycles. The fourth-order valence-electron chi connectivity index (χ4n) is 0.816. The Balaban J connectivity index is 2.45. The lowest BCUT2D eigenvalue weighted by molar-refractivity contribution is 1.07. The fraction of sp³-hybridized carbons (Fsp3) is 0. The fourth-order valence-corrected chi connectivity index (χ4v) is 1.93. The average Bonchev–Trinajstić information content (AvgIpc) is 2.54. The molecule has 0 aliphatic heterocycles. The lowest BCUT2D eigenvalue weighted by atomic mass is 10.3. The third-order valence-corrected chi connectivity index (χ3v) is 2.73. The number of halogens is 1. The van der Waals surface area contributed by atoms with Gasteiger partial charge in [-0.05, 0) is 28.1 Å². The third kappa shape index (κ3) is 1.51. The normalized spacial score (nSPS) is 10.1. The van der Waals surface area contributed by atoms with E-state index in [1.807, 2.05) is 12.1 Å². The molecule has 0 aliphatic rings. The summed E-state index contributed by atoms with van der Waals surface area (Å²) in [5.41, 5.74) is 1.05. The van der Waals surface area contributed by atoms with Gasteiger partial charge < -0.3 is 0 Å². The molecular weight excluding hydrogens is 238 g/mol. The molecule has 12 heavy (non-hydrogen) atoms. The van der Waals surface area contributed by atoms with Gasteiger partial charge in [0.2, 0.25) is 0 Å². The lowest BCUT2D eigenvalue weighted by Gasteiger charge is -1.90. The number of aromatic nitrogens is 3. The molecule has 2 rings (SSSR count). The second-order valence-corrected chi connectivity index (χ2v) is 4.35. The van der Waals surface area contributed by atoms with Gasteiger partial charge in [0.1, 0.15) is 5.01 Å². The molecular formula is C7H4BrN3S. The second kappa shape index (κ2) is 3.28. The Morgan fingerprint density at radius 2 is 1.92 bits per heavy atom. The van der Waals surface area contributed by atoms with Crippen LogP contribution in [0, 0.1) is 0 Å². The van der Waals surface area contributed by atoms with Crippen molar-refractivity contribution in [2.45, 2.75) is 0 Å². The highest BCUT2D eigenvalue weighted by molar-refractivity contribution is 9.11. The first-order valence-corrected chi connectivity index (χ1v) is 4.86. The van der Waals surface area contributed by atoms with E-state index in [1.54, 1.807) is 12.4 Å². The molecule has 5 heteroatoms. The van der Waals surface area contributed by atoms with E-state index < -0.39 is 0 Å². The zero-order chi connectivity index (χ0) is 8.39. The first kappa shape index (κ1) is 7.82. The van der Waals surface area contributed by atoms with E-state index in [2.05, 4.69) is 31.1 Å². The van der Waals surface area contributed by atoms with Crippen LogP contribution in [0.1, 0.15) is 0 Å². The largest absolute Gasteiger partial charge is 0.265 e. The van der Waals surface area contributed by atoms with E-state index in [1.165, 1.54) is 11.3 Å². The molecule has 2 heterocycles. The Morgan fingerprint density at radius 1 is 1.17 bits per heavy atom. The molecule has 0 aliphatic carbocycles. The summed E-state index contributed by atoms with van der Waals surface area (Å²) in [6.07, 6.45) is 3.48. The first-order chi connectivity index (χ1) is 5.86. The zero-order valence-electron chi connectivity index (χ0n) is 5.94. The molecule has 0 N–H and O–H groups in total. The van der Waals surface area contributed by atoms with Crippen molar-refractivity contribution in [2.24, 2.45) is 0 Å². The zero-order valence-corrected chi connectivity index (χ0v) is 8.34. The predicted octanol–water partition coefficient (Wildman–Crippen LogP) is 2.36. The molecule has 0 fully saturated rings. The molecule has 2 aromatic rings. The van der Waals surface area contributed by atoms with E-state index in [-0.39, 0.29) is 0 Å². The van der Waals surface area contributed by atoms with Gasteiger partial charge in [0.15, 0.2) is 3.92 Å². The minimum atomic E-state index is 0.800. The number of pyridine rings is 1. The highest BCUT2D eigenvalue weighted by Crippen LogP contribution is 2.25. The van der Waals surface area contributed by atoms with Crippen molar-refractivity contribution >= 4 is 27.3 Å². The minimum absolute atomic E-state index is 0.800. The molecule has 0 unspecified atom stereocenters. The number of rotatable bonds is 1. The molecule has 0 radical (unpaired) electrons. The highest BCUT2D eigenvalue weighted by Gasteiger charge is 2.02. The molecule has 0 atom stereocenters. The van der Waals surface area contributed by atoms with Crippen molar-refractivity contribution in [1.29, 1.82) is 0 Å².